The summed E-state index contributed by atoms with van der Waals surface area (Å²) in [5.74, 6) is -0.506. The van der Waals surface area contributed by atoms with E-state index >= 15 is 0 Å². The second kappa shape index (κ2) is 5.95. The van der Waals surface area contributed by atoms with Crippen LogP contribution in [0.3, 0.4) is 0 Å². The van der Waals surface area contributed by atoms with Crippen molar-refractivity contribution in [2.45, 2.75) is 13.1 Å². The zero-order valence-electron chi connectivity index (χ0n) is 9.47. The number of ether oxygens (including phenoxy) is 1. The molecule has 0 spiro atoms. The number of benzene rings is 1. The van der Waals surface area contributed by atoms with Gasteiger partial charge in [-0.3, -0.25) is 4.79 Å². The van der Waals surface area contributed by atoms with Crippen molar-refractivity contribution in [2.75, 3.05) is 18.5 Å². The van der Waals surface area contributed by atoms with E-state index in [0.29, 0.717) is 0 Å². The Morgan fingerprint density at radius 2 is 2.11 bits per heavy atom. The highest BCUT2D eigenvalue weighted by Crippen LogP contribution is 2.33. The first-order valence-electron chi connectivity index (χ1n) is 5.11. The van der Waals surface area contributed by atoms with E-state index in [9.17, 15) is 18.0 Å². The Balaban J connectivity index is 2.72. The Hall–Kier alpha value is -1.43. The monoisotopic (exact) mass is 281 g/mol. The van der Waals surface area contributed by atoms with Gasteiger partial charge < -0.3 is 10.1 Å². The third-order valence-electron chi connectivity index (χ3n) is 2.02. The Kier molecular flexibility index (Phi) is 4.84. The highest BCUT2D eigenvalue weighted by Gasteiger charge is 2.30. The van der Waals surface area contributed by atoms with Gasteiger partial charge >= 0.3 is 12.1 Å². The van der Waals surface area contributed by atoms with Gasteiger partial charge in [-0.15, -0.1) is 0 Å². The lowest BCUT2D eigenvalue weighted by Crippen LogP contribution is -2.17. The van der Waals surface area contributed by atoms with Crippen LogP contribution in [0.1, 0.15) is 12.5 Å². The van der Waals surface area contributed by atoms with Crippen LogP contribution in [0.4, 0.5) is 18.9 Å². The molecule has 7 heteroatoms. The standard InChI is InChI=1S/C11H11ClF3NO2/c1-2-18-10(17)6-16-9-4-3-7(5-8(9)12)11(13,14)15/h3-5,16H,2,6H2,1H3. The van der Waals surface area contributed by atoms with Crippen LogP contribution in [0.2, 0.25) is 5.02 Å². The molecule has 3 nitrogen and oxygen atoms in total. The molecule has 0 saturated heterocycles. The smallest absolute Gasteiger partial charge is 0.416 e. The molecular formula is C11H11ClF3NO2. The van der Waals surface area contributed by atoms with Crippen LogP contribution >= 0.6 is 11.6 Å². The van der Waals surface area contributed by atoms with E-state index in [1.165, 1.54) is 6.07 Å². The van der Waals surface area contributed by atoms with E-state index < -0.39 is 17.7 Å². The van der Waals surface area contributed by atoms with Gasteiger partial charge in [-0.25, -0.2) is 0 Å². The lowest BCUT2D eigenvalue weighted by molar-refractivity contribution is -0.141. The Bertz CT molecular complexity index is 435. The second-order valence-electron chi connectivity index (χ2n) is 3.35. The van der Waals surface area contributed by atoms with Gasteiger partial charge in [0, 0.05) is 0 Å². The number of carbonyl (C=O) groups is 1. The molecule has 1 aromatic rings. The number of alkyl halides is 3. The Labute approximate surface area is 107 Å². The van der Waals surface area contributed by atoms with Gasteiger partial charge in [-0.1, -0.05) is 11.6 Å². The molecule has 18 heavy (non-hydrogen) atoms. The van der Waals surface area contributed by atoms with E-state index in [-0.39, 0.29) is 23.9 Å². The summed E-state index contributed by atoms with van der Waals surface area (Å²) in [6, 6.07) is 2.86. The fourth-order valence-electron chi connectivity index (χ4n) is 1.21. The third kappa shape index (κ3) is 4.10. The molecule has 0 aliphatic carbocycles. The number of nitrogens with one attached hydrogen (secondary N) is 1. The molecule has 0 heterocycles. The normalized spacial score (nSPS) is 11.2. The van der Waals surface area contributed by atoms with Crippen molar-refractivity contribution in [3.63, 3.8) is 0 Å². The van der Waals surface area contributed by atoms with Crippen LogP contribution in [0.25, 0.3) is 0 Å². The lowest BCUT2D eigenvalue weighted by Gasteiger charge is -2.11. The Morgan fingerprint density at radius 1 is 1.44 bits per heavy atom. The fraction of sp³-hybridized carbons (Fsp3) is 0.364. The topological polar surface area (TPSA) is 38.3 Å². The lowest BCUT2D eigenvalue weighted by atomic mass is 10.2. The molecular weight excluding hydrogens is 271 g/mol. The molecule has 0 aliphatic rings. The summed E-state index contributed by atoms with van der Waals surface area (Å²) >= 11 is 5.68. The zero-order valence-corrected chi connectivity index (χ0v) is 10.2. The van der Waals surface area contributed by atoms with E-state index in [1.807, 2.05) is 0 Å². The summed E-state index contributed by atoms with van der Waals surface area (Å²) in [5.41, 5.74) is -0.591. The molecule has 1 rings (SSSR count). The van der Waals surface area contributed by atoms with Crippen molar-refractivity contribution in [3.8, 4) is 0 Å². The second-order valence-corrected chi connectivity index (χ2v) is 3.76. The maximum Gasteiger partial charge on any atom is 0.416 e. The van der Waals surface area contributed by atoms with E-state index in [1.54, 1.807) is 6.92 Å². The molecule has 0 fully saturated rings. The van der Waals surface area contributed by atoms with Gasteiger partial charge in [0.1, 0.15) is 6.54 Å². The molecule has 0 unspecified atom stereocenters. The number of esters is 1. The Morgan fingerprint density at radius 3 is 2.61 bits per heavy atom. The molecule has 0 atom stereocenters. The van der Waals surface area contributed by atoms with E-state index in [4.69, 9.17) is 11.6 Å². The van der Waals surface area contributed by atoms with Crippen LogP contribution < -0.4 is 5.32 Å². The number of anilines is 1. The predicted octanol–water partition coefficient (Wildman–Crippen LogP) is 3.33. The maximum atomic E-state index is 12.4. The molecule has 0 aliphatic heterocycles. The number of halogens is 4. The number of rotatable bonds is 4. The van der Waals surface area contributed by atoms with Crippen LogP contribution in [0.5, 0.6) is 0 Å². The highest BCUT2D eigenvalue weighted by atomic mass is 35.5. The molecule has 100 valence electrons. The van der Waals surface area contributed by atoms with E-state index in [0.717, 1.165) is 12.1 Å². The molecule has 0 aromatic heterocycles. The SMILES string of the molecule is CCOC(=O)CNc1ccc(C(F)(F)F)cc1Cl. The summed E-state index contributed by atoms with van der Waals surface area (Å²) in [6.07, 6.45) is -4.44. The summed E-state index contributed by atoms with van der Waals surface area (Å²) < 4.78 is 41.7. The predicted molar refractivity (Wildman–Crippen MR) is 61.6 cm³/mol. The quantitative estimate of drug-likeness (QED) is 0.860. The summed E-state index contributed by atoms with van der Waals surface area (Å²) in [7, 11) is 0. The van der Waals surface area contributed by atoms with Crippen LogP contribution in [0.15, 0.2) is 18.2 Å². The number of hydrogen-bond donors (Lipinski definition) is 1. The van der Waals surface area contributed by atoms with Gasteiger partial charge in [0.15, 0.2) is 0 Å². The third-order valence-corrected chi connectivity index (χ3v) is 2.34. The van der Waals surface area contributed by atoms with Gasteiger partial charge in [0.05, 0.1) is 22.9 Å². The van der Waals surface area contributed by atoms with Crippen molar-refractivity contribution in [3.05, 3.63) is 28.8 Å². The molecule has 0 amide bonds. The van der Waals surface area contributed by atoms with Crippen molar-refractivity contribution < 1.29 is 22.7 Å². The zero-order chi connectivity index (χ0) is 13.8. The van der Waals surface area contributed by atoms with Crippen LogP contribution in [-0.4, -0.2) is 19.1 Å². The van der Waals surface area contributed by atoms with Crippen molar-refractivity contribution in [2.24, 2.45) is 0 Å². The van der Waals surface area contributed by atoms with Gasteiger partial charge in [-0.2, -0.15) is 13.2 Å². The molecule has 0 saturated carbocycles. The van der Waals surface area contributed by atoms with Gasteiger partial charge in [0.2, 0.25) is 0 Å². The van der Waals surface area contributed by atoms with E-state index in [2.05, 4.69) is 10.1 Å². The largest absolute Gasteiger partial charge is 0.465 e. The minimum absolute atomic E-state index is 0.103. The van der Waals surface area contributed by atoms with Crippen molar-refractivity contribution >= 4 is 23.3 Å². The molecule has 0 radical (unpaired) electrons. The molecule has 0 bridgehead atoms. The minimum atomic E-state index is -4.44. The van der Waals surface area contributed by atoms with Crippen LogP contribution in [-0.2, 0) is 15.7 Å². The van der Waals surface area contributed by atoms with Crippen molar-refractivity contribution in [1.82, 2.24) is 0 Å². The van der Waals surface area contributed by atoms with Gasteiger partial charge in [0.25, 0.3) is 0 Å². The first kappa shape index (κ1) is 14.6. The summed E-state index contributed by atoms with van der Waals surface area (Å²) in [5, 5.41) is 2.50. The average Bonchev–Trinajstić information content (AvgIpc) is 2.26. The summed E-state index contributed by atoms with van der Waals surface area (Å²) in [4.78, 5) is 11.0. The maximum absolute atomic E-state index is 12.4. The fourth-order valence-corrected chi connectivity index (χ4v) is 1.46. The molecule has 1 aromatic carbocycles. The minimum Gasteiger partial charge on any atom is -0.465 e. The first-order valence-corrected chi connectivity index (χ1v) is 5.48. The van der Waals surface area contributed by atoms with Crippen LogP contribution in [0, 0.1) is 0 Å². The number of carbonyl (C=O) groups excluding carboxylic acids is 1. The molecule has 1 N–H and O–H groups in total. The summed E-state index contributed by atoms with van der Waals surface area (Å²) in [6.45, 7) is 1.74. The average molecular weight is 282 g/mol. The highest BCUT2D eigenvalue weighted by molar-refractivity contribution is 6.33. The van der Waals surface area contributed by atoms with Gasteiger partial charge in [-0.05, 0) is 25.1 Å². The number of hydrogen-bond acceptors (Lipinski definition) is 3. The van der Waals surface area contributed by atoms with Crippen molar-refractivity contribution in [1.29, 1.82) is 0 Å². The first-order chi connectivity index (χ1) is 8.34.